The predicted octanol–water partition coefficient (Wildman–Crippen LogP) is 6.31. The molecule has 0 spiro atoms. The van der Waals surface area contributed by atoms with Gasteiger partial charge in [0.2, 0.25) is 11.8 Å². The van der Waals surface area contributed by atoms with E-state index in [4.69, 9.17) is 5.10 Å². The molecule has 0 amide bonds. The third kappa shape index (κ3) is 6.58. The fourth-order valence-electron chi connectivity index (χ4n) is 5.77. The first-order valence-electron chi connectivity index (χ1n) is 15.0. The SMILES string of the molecule is CN(C)c1ccc(C2=N[N+](=C3C=CC(=C4C=C(c5ccccc5)SC(c5ccccc5)=C4)C=C3)C(c3ccccc3)C2)cc1.[Cl-]. The second kappa shape index (κ2) is 13.6. The monoisotopic (exact) mass is 623 g/mol. The smallest absolute Gasteiger partial charge is 0.232 e. The number of rotatable bonds is 5. The summed E-state index contributed by atoms with van der Waals surface area (Å²) in [7, 11) is 4.14. The number of anilines is 1. The molecule has 3 nitrogen and oxygen atoms in total. The Balaban J connectivity index is 0.00000357. The van der Waals surface area contributed by atoms with Crippen LogP contribution in [0.5, 0.6) is 0 Å². The van der Waals surface area contributed by atoms with Crippen LogP contribution in [-0.4, -0.2) is 30.2 Å². The summed E-state index contributed by atoms with van der Waals surface area (Å²) in [5.41, 5.74) is 10.7. The number of benzene rings is 4. The molecule has 3 aliphatic rings. The largest absolute Gasteiger partial charge is 1.00 e. The highest BCUT2D eigenvalue weighted by atomic mass is 35.5. The molecule has 2 heterocycles. The van der Waals surface area contributed by atoms with Gasteiger partial charge in [-0.3, -0.25) is 0 Å². The van der Waals surface area contributed by atoms with Crippen molar-refractivity contribution in [3.05, 3.63) is 185 Å². The Labute approximate surface area is 276 Å². The highest BCUT2D eigenvalue weighted by Crippen LogP contribution is 2.44. The van der Waals surface area contributed by atoms with Crippen LogP contribution in [0, 0.1) is 0 Å². The van der Waals surface area contributed by atoms with Crippen molar-refractivity contribution in [3.8, 4) is 0 Å². The van der Waals surface area contributed by atoms with Crippen LogP contribution < -0.4 is 17.3 Å². The third-order valence-corrected chi connectivity index (χ3v) is 9.33. The van der Waals surface area contributed by atoms with Crippen LogP contribution in [0.2, 0.25) is 0 Å². The second-order valence-electron chi connectivity index (χ2n) is 11.3. The van der Waals surface area contributed by atoms with E-state index in [1.807, 2.05) is 11.8 Å². The lowest BCUT2D eigenvalue weighted by Crippen LogP contribution is -3.00. The molecule has 1 atom stereocenters. The van der Waals surface area contributed by atoms with Gasteiger partial charge in [-0.1, -0.05) is 120 Å². The highest BCUT2D eigenvalue weighted by Gasteiger charge is 2.36. The van der Waals surface area contributed by atoms with Gasteiger partial charge in [0.15, 0.2) is 0 Å². The fraction of sp³-hybridized carbons (Fsp3) is 0.100. The van der Waals surface area contributed by atoms with Crippen molar-refractivity contribution in [1.29, 1.82) is 0 Å². The van der Waals surface area contributed by atoms with E-state index in [-0.39, 0.29) is 18.4 Å². The molecular weight excluding hydrogens is 590 g/mol. The predicted molar refractivity (Wildman–Crippen MR) is 188 cm³/mol. The first-order valence-corrected chi connectivity index (χ1v) is 15.8. The Bertz CT molecular complexity index is 1820. The molecular formula is C40H34ClN3S. The van der Waals surface area contributed by atoms with Gasteiger partial charge >= 0.3 is 0 Å². The standard InChI is InChI=1S/C40H34N3S.ClH/c1-42(2)35-22-20-30(21-23-35)37-28-38(31-12-6-3-7-13-31)43(41-37)36-24-18-29(19-25-36)34-26-39(32-14-8-4-9-15-32)44-40(27-34)33-16-10-5-11-17-33;/h3-27,38H,28H2,1-2H3;1H/q+1;/p-1. The van der Waals surface area contributed by atoms with E-state index in [0.29, 0.717) is 0 Å². The van der Waals surface area contributed by atoms with Crippen LogP contribution in [0.15, 0.2) is 168 Å². The van der Waals surface area contributed by atoms with Crippen LogP contribution >= 0.6 is 11.8 Å². The van der Waals surface area contributed by atoms with Gasteiger partial charge in [-0.15, -0.1) is 0 Å². The van der Waals surface area contributed by atoms with Crippen molar-refractivity contribution in [2.24, 2.45) is 5.10 Å². The summed E-state index contributed by atoms with van der Waals surface area (Å²) in [6, 6.07) is 40.9. The topological polar surface area (TPSA) is 18.6 Å². The zero-order chi connectivity index (χ0) is 29.9. The van der Waals surface area contributed by atoms with Crippen LogP contribution in [0.1, 0.15) is 34.7 Å². The number of thioether (sulfide) groups is 1. The molecule has 0 radical (unpaired) electrons. The van der Waals surface area contributed by atoms with Crippen molar-refractivity contribution >= 4 is 38.7 Å². The first kappa shape index (κ1) is 30.4. The third-order valence-electron chi connectivity index (χ3n) is 8.19. The van der Waals surface area contributed by atoms with E-state index >= 15 is 0 Å². The normalized spacial score (nSPS) is 17.5. The van der Waals surface area contributed by atoms with Crippen LogP contribution in [0.25, 0.3) is 9.81 Å². The molecule has 0 bridgehead atoms. The van der Waals surface area contributed by atoms with Crippen molar-refractivity contribution < 1.29 is 17.1 Å². The molecule has 2 aliphatic heterocycles. The van der Waals surface area contributed by atoms with Crippen molar-refractivity contribution in [2.75, 3.05) is 19.0 Å². The molecule has 45 heavy (non-hydrogen) atoms. The Hall–Kier alpha value is -4.64. The molecule has 4 aromatic rings. The molecule has 0 fully saturated rings. The summed E-state index contributed by atoms with van der Waals surface area (Å²) in [4.78, 5) is 4.63. The Morgan fingerprint density at radius 2 is 1.16 bits per heavy atom. The summed E-state index contributed by atoms with van der Waals surface area (Å²) < 4.78 is 2.20. The zero-order valence-electron chi connectivity index (χ0n) is 25.3. The Morgan fingerprint density at radius 3 is 1.69 bits per heavy atom. The molecule has 0 aromatic heterocycles. The molecule has 1 aliphatic carbocycles. The molecule has 222 valence electrons. The summed E-state index contributed by atoms with van der Waals surface area (Å²) in [6.07, 6.45) is 14.4. The minimum Gasteiger partial charge on any atom is -1.00 e. The quantitative estimate of drug-likeness (QED) is 0.243. The van der Waals surface area contributed by atoms with E-state index in [0.717, 1.165) is 17.8 Å². The van der Waals surface area contributed by atoms with Gasteiger partial charge in [0, 0.05) is 52.9 Å². The lowest BCUT2D eigenvalue weighted by molar-refractivity contribution is -0.566. The van der Waals surface area contributed by atoms with Gasteiger partial charge in [-0.2, -0.15) is 0 Å². The highest BCUT2D eigenvalue weighted by molar-refractivity contribution is 8.16. The maximum absolute atomic E-state index is 5.21. The molecule has 4 aromatic carbocycles. The van der Waals surface area contributed by atoms with E-state index in [1.165, 1.54) is 48.9 Å². The number of allylic oxidation sites excluding steroid dienone is 8. The van der Waals surface area contributed by atoms with E-state index < -0.39 is 0 Å². The molecule has 0 N–H and O–H groups in total. The minimum atomic E-state index is 0. The molecule has 1 unspecified atom stereocenters. The summed E-state index contributed by atoms with van der Waals surface area (Å²) in [5, 5.41) is 5.21. The zero-order valence-corrected chi connectivity index (χ0v) is 26.9. The van der Waals surface area contributed by atoms with Crippen molar-refractivity contribution in [3.63, 3.8) is 0 Å². The molecule has 7 rings (SSSR count). The summed E-state index contributed by atoms with van der Waals surface area (Å²) in [6.45, 7) is 0. The second-order valence-corrected chi connectivity index (χ2v) is 12.4. The average Bonchev–Trinajstić information content (AvgIpc) is 3.55. The van der Waals surface area contributed by atoms with Crippen molar-refractivity contribution in [2.45, 2.75) is 12.5 Å². The number of halogens is 1. The summed E-state index contributed by atoms with van der Waals surface area (Å²) in [5.74, 6) is 0. The Morgan fingerprint density at radius 1 is 0.622 bits per heavy atom. The molecule has 0 saturated carbocycles. The average molecular weight is 624 g/mol. The van der Waals surface area contributed by atoms with Crippen molar-refractivity contribution in [1.82, 2.24) is 0 Å². The number of hydrazone groups is 1. The number of nitrogens with zero attached hydrogens (tertiary/aromatic N) is 3. The Kier molecular flexibility index (Phi) is 9.16. The lowest BCUT2D eigenvalue weighted by atomic mass is 9.97. The van der Waals surface area contributed by atoms with E-state index in [9.17, 15) is 0 Å². The van der Waals surface area contributed by atoms with Crippen LogP contribution in [-0.2, 0) is 0 Å². The maximum atomic E-state index is 5.21. The molecule has 5 heteroatoms. The lowest BCUT2D eigenvalue weighted by Gasteiger charge is -2.18. The number of hydrogen-bond donors (Lipinski definition) is 0. The van der Waals surface area contributed by atoms with Gasteiger partial charge < -0.3 is 17.3 Å². The van der Waals surface area contributed by atoms with Gasteiger partial charge in [-0.05, 0) is 63.8 Å². The van der Waals surface area contributed by atoms with Gasteiger partial charge in [-0.25, -0.2) is 0 Å². The van der Waals surface area contributed by atoms with Gasteiger partial charge in [0.05, 0.1) is 6.42 Å². The molecule has 0 saturated heterocycles. The van der Waals surface area contributed by atoms with Gasteiger partial charge in [0.1, 0.15) is 5.71 Å². The van der Waals surface area contributed by atoms with E-state index in [2.05, 4.69) is 175 Å². The minimum absolute atomic E-state index is 0. The fourth-order valence-corrected chi connectivity index (χ4v) is 6.89. The van der Waals surface area contributed by atoms with Crippen LogP contribution in [0.3, 0.4) is 0 Å². The first-order chi connectivity index (χ1) is 21.6. The van der Waals surface area contributed by atoms with Gasteiger partial charge in [0.25, 0.3) is 0 Å². The van der Waals surface area contributed by atoms with Crippen LogP contribution in [0.4, 0.5) is 5.69 Å². The number of hydrogen-bond acceptors (Lipinski definition) is 3. The summed E-state index contributed by atoms with van der Waals surface area (Å²) >= 11 is 1.83. The van der Waals surface area contributed by atoms with E-state index in [1.54, 1.807) is 0 Å². The maximum Gasteiger partial charge on any atom is 0.232 e.